The molecule has 1 aliphatic heterocycles. The smallest absolute Gasteiger partial charge is 0.253 e. The van der Waals surface area contributed by atoms with Crippen molar-refractivity contribution in [3.8, 4) is 0 Å². The van der Waals surface area contributed by atoms with Crippen molar-refractivity contribution in [2.24, 2.45) is 5.84 Å². The molecule has 2 heterocycles. The van der Waals surface area contributed by atoms with Crippen LogP contribution in [0.4, 0.5) is 0 Å². The molecule has 1 saturated carbocycles. The van der Waals surface area contributed by atoms with E-state index in [0.29, 0.717) is 30.5 Å². The highest BCUT2D eigenvalue weighted by Crippen LogP contribution is 2.42. The number of amides is 1. The van der Waals surface area contributed by atoms with Gasteiger partial charge in [0.1, 0.15) is 0 Å². The number of guanidine groups is 1. The molecule has 4 N–H and O–H groups in total. The molecule has 4 rings (SSSR count). The highest BCUT2D eigenvalue weighted by atomic mass is 16.1. The summed E-state index contributed by atoms with van der Waals surface area (Å²) in [7, 11) is 1.66. The summed E-state index contributed by atoms with van der Waals surface area (Å²) >= 11 is 0. The third-order valence-electron chi connectivity index (χ3n) is 5.81. The van der Waals surface area contributed by atoms with E-state index in [1.807, 2.05) is 11.0 Å². The van der Waals surface area contributed by atoms with E-state index >= 15 is 0 Å². The lowest BCUT2D eigenvalue weighted by Gasteiger charge is -2.35. The van der Waals surface area contributed by atoms with E-state index in [4.69, 9.17) is 11.3 Å². The number of carbonyl (C=O) groups excluding carboxylic acids is 1. The topological polar surface area (TPSA) is 98.3 Å². The maximum atomic E-state index is 12.7. The fourth-order valence-corrected chi connectivity index (χ4v) is 3.99. The lowest BCUT2D eigenvalue weighted by atomic mass is 10.0. The molecular formula is C21H28N6O. The second-order valence-electron chi connectivity index (χ2n) is 8.07. The van der Waals surface area contributed by atoms with Gasteiger partial charge in [-0.25, -0.2) is 5.84 Å². The number of hydrogen-bond donors (Lipinski definition) is 3. The second kappa shape index (κ2) is 7.39. The number of aryl methyl sites for hydroxylation is 1. The van der Waals surface area contributed by atoms with E-state index in [0.717, 1.165) is 23.7 Å². The molecule has 7 nitrogen and oxygen atoms in total. The predicted molar refractivity (Wildman–Crippen MR) is 110 cm³/mol. The number of carbonyl (C=O) groups is 1. The third-order valence-corrected chi connectivity index (χ3v) is 5.81. The molecule has 2 aromatic rings. The first-order valence-electron chi connectivity index (χ1n) is 9.95. The zero-order chi connectivity index (χ0) is 19.8. The number of nitrogens with two attached hydrogens (primary N) is 1. The lowest BCUT2D eigenvalue weighted by Crippen LogP contribution is -2.51. The van der Waals surface area contributed by atoms with Crippen molar-refractivity contribution in [1.29, 1.82) is 5.41 Å². The number of nitrogens with zero attached hydrogens (tertiary/aromatic N) is 3. The fraction of sp³-hybridized carbons (Fsp3) is 0.476. The van der Waals surface area contributed by atoms with Crippen molar-refractivity contribution < 1.29 is 4.79 Å². The quantitative estimate of drug-likeness (QED) is 0.329. The molecule has 1 aliphatic carbocycles. The van der Waals surface area contributed by atoms with Crippen molar-refractivity contribution in [3.63, 3.8) is 0 Å². The van der Waals surface area contributed by atoms with Crippen LogP contribution in [0.5, 0.6) is 0 Å². The number of likely N-dealkylation sites (tertiary alicyclic amines) is 1. The highest BCUT2D eigenvalue weighted by Gasteiger charge is 2.26. The summed E-state index contributed by atoms with van der Waals surface area (Å²) in [6, 6.07) is 6.38. The van der Waals surface area contributed by atoms with Crippen molar-refractivity contribution >= 4 is 22.8 Å². The van der Waals surface area contributed by atoms with Crippen molar-refractivity contribution in [2.75, 3.05) is 20.1 Å². The molecule has 1 saturated heterocycles. The number of piperidine rings is 1. The minimum Gasteiger partial charge on any atom is -0.349 e. The first-order valence-corrected chi connectivity index (χ1v) is 9.95. The van der Waals surface area contributed by atoms with Crippen molar-refractivity contribution in [1.82, 2.24) is 20.2 Å². The average molecular weight is 380 g/mol. The van der Waals surface area contributed by atoms with Crippen molar-refractivity contribution in [3.05, 3.63) is 41.1 Å². The van der Waals surface area contributed by atoms with Gasteiger partial charge in [0, 0.05) is 37.8 Å². The summed E-state index contributed by atoms with van der Waals surface area (Å²) in [5, 5.41) is 13.4. The van der Waals surface area contributed by atoms with E-state index < -0.39 is 0 Å². The van der Waals surface area contributed by atoms with Gasteiger partial charge in [-0.05, 0) is 67.9 Å². The molecule has 0 unspecified atom stereocenters. The Labute approximate surface area is 165 Å². The van der Waals surface area contributed by atoms with Gasteiger partial charge in [-0.2, -0.15) is 0 Å². The van der Waals surface area contributed by atoms with Gasteiger partial charge < -0.3 is 10.2 Å². The van der Waals surface area contributed by atoms with E-state index in [1.165, 1.54) is 29.0 Å². The Hall–Kier alpha value is -2.67. The number of pyridine rings is 1. The van der Waals surface area contributed by atoms with Crippen LogP contribution in [-0.4, -0.2) is 52.9 Å². The van der Waals surface area contributed by atoms with Crippen LogP contribution in [0, 0.1) is 12.3 Å². The maximum absolute atomic E-state index is 12.7. The van der Waals surface area contributed by atoms with Crippen LogP contribution in [0.15, 0.2) is 24.4 Å². The first kappa shape index (κ1) is 18.7. The zero-order valence-corrected chi connectivity index (χ0v) is 16.5. The molecular weight excluding hydrogens is 352 g/mol. The molecule has 28 heavy (non-hydrogen) atoms. The Morgan fingerprint density at radius 1 is 1.25 bits per heavy atom. The Bertz CT molecular complexity index is 912. The molecule has 0 spiro atoms. The largest absolute Gasteiger partial charge is 0.349 e. The van der Waals surface area contributed by atoms with Gasteiger partial charge in [-0.15, -0.1) is 0 Å². The summed E-state index contributed by atoms with van der Waals surface area (Å²) in [6.45, 7) is 3.57. The number of benzene rings is 1. The number of hydrazine groups is 1. The molecule has 0 bridgehead atoms. The van der Waals surface area contributed by atoms with Gasteiger partial charge in [0.15, 0.2) is 0 Å². The minimum atomic E-state index is -0.0807. The van der Waals surface area contributed by atoms with Crippen LogP contribution in [-0.2, 0) is 0 Å². The molecule has 148 valence electrons. The fourth-order valence-electron chi connectivity index (χ4n) is 3.99. The summed E-state index contributed by atoms with van der Waals surface area (Å²) < 4.78 is 0. The molecule has 0 radical (unpaired) electrons. The monoisotopic (exact) mass is 380 g/mol. The molecule has 2 fully saturated rings. The van der Waals surface area contributed by atoms with Gasteiger partial charge in [0.05, 0.1) is 11.1 Å². The van der Waals surface area contributed by atoms with E-state index in [9.17, 15) is 4.79 Å². The molecule has 1 amide bonds. The summed E-state index contributed by atoms with van der Waals surface area (Å²) in [5.74, 6) is 6.56. The van der Waals surface area contributed by atoms with Crippen LogP contribution in [0.1, 0.15) is 53.1 Å². The summed E-state index contributed by atoms with van der Waals surface area (Å²) in [4.78, 5) is 19.2. The second-order valence-corrected chi connectivity index (χ2v) is 8.07. The Morgan fingerprint density at radius 2 is 1.96 bits per heavy atom. The number of fused-ring (bicyclic) bond motifs is 1. The van der Waals surface area contributed by atoms with Crippen LogP contribution >= 0.6 is 0 Å². The Morgan fingerprint density at radius 3 is 2.61 bits per heavy atom. The zero-order valence-electron chi connectivity index (χ0n) is 16.5. The van der Waals surface area contributed by atoms with Crippen molar-refractivity contribution in [2.45, 2.75) is 44.6 Å². The minimum absolute atomic E-state index is 0.0807. The molecule has 1 aromatic carbocycles. The number of nitrogens with one attached hydrogen (secondary N) is 2. The number of hydrogen-bond acceptors (Lipinski definition) is 4. The van der Waals surface area contributed by atoms with E-state index in [-0.39, 0.29) is 11.9 Å². The van der Waals surface area contributed by atoms with Crippen LogP contribution in [0.2, 0.25) is 0 Å². The first-order chi connectivity index (χ1) is 13.4. The summed E-state index contributed by atoms with van der Waals surface area (Å²) in [6.07, 6.45) is 5.82. The third kappa shape index (κ3) is 3.80. The van der Waals surface area contributed by atoms with Gasteiger partial charge in [0.25, 0.3) is 5.91 Å². The number of aromatic nitrogens is 1. The predicted octanol–water partition coefficient (Wildman–Crippen LogP) is 2.36. The average Bonchev–Trinajstić information content (AvgIpc) is 3.52. The van der Waals surface area contributed by atoms with Gasteiger partial charge in [-0.3, -0.25) is 20.2 Å². The maximum Gasteiger partial charge on any atom is 0.253 e. The SMILES string of the molecule is Cc1cc2cc(C(=O)NC3CCN(C(=N)N(C)N)CC3)cnc2cc1C1CC1. The highest BCUT2D eigenvalue weighted by molar-refractivity contribution is 5.97. The van der Waals surface area contributed by atoms with Gasteiger partial charge >= 0.3 is 0 Å². The molecule has 1 aromatic heterocycles. The number of rotatable bonds is 3. The van der Waals surface area contributed by atoms with Crippen LogP contribution < -0.4 is 11.2 Å². The normalized spacial score (nSPS) is 17.6. The van der Waals surface area contributed by atoms with Crippen LogP contribution in [0.3, 0.4) is 0 Å². The summed E-state index contributed by atoms with van der Waals surface area (Å²) in [5.41, 5.74) is 4.25. The van der Waals surface area contributed by atoms with Gasteiger partial charge in [-0.1, -0.05) is 0 Å². The van der Waals surface area contributed by atoms with Crippen LogP contribution in [0.25, 0.3) is 10.9 Å². The van der Waals surface area contributed by atoms with Gasteiger partial charge in [0.2, 0.25) is 5.96 Å². The van der Waals surface area contributed by atoms with E-state index in [2.05, 4.69) is 29.4 Å². The lowest BCUT2D eigenvalue weighted by molar-refractivity contribution is 0.0920. The molecule has 7 heteroatoms. The Balaban J connectivity index is 1.41. The Kier molecular flexibility index (Phi) is 4.93. The molecule has 0 atom stereocenters. The standard InChI is InChI=1S/C21H28N6O/c1-13-9-15-10-16(12-24-19(15)11-18(13)14-3-4-14)20(28)25-17-5-7-27(8-6-17)21(22)26(2)23/h9-12,14,17,22H,3-8,23H2,1-2H3,(H,25,28). The molecule has 2 aliphatic rings. The van der Waals surface area contributed by atoms with E-state index in [1.54, 1.807) is 13.2 Å².